The van der Waals surface area contributed by atoms with Crippen molar-refractivity contribution in [2.75, 3.05) is 0 Å². The molecule has 0 amide bonds. The van der Waals surface area contributed by atoms with Gasteiger partial charge in [0.15, 0.2) is 5.82 Å². The van der Waals surface area contributed by atoms with Crippen molar-refractivity contribution in [1.82, 2.24) is 20.2 Å². The van der Waals surface area contributed by atoms with Gasteiger partial charge in [-0.15, -0.1) is 21.8 Å². The molecule has 0 aliphatic heterocycles. The van der Waals surface area contributed by atoms with Crippen LogP contribution in [0.15, 0.2) is 11.6 Å². The van der Waals surface area contributed by atoms with E-state index in [9.17, 15) is 0 Å². The number of aromatic nitrogens is 4. The van der Waals surface area contributed by atoms with Crippen LogP contribution in [0.5, 0.6) is 0 Å². The van der Waals surface area contributed by atoms with Crippen LogP contribution in [0.2, 0.25) is 0 Å². The highest BCUT2D eigenvalue weighted by Crippen LogP contribution is 2.24. The summed E-state index contributed by atoms with van der Waals surface area (Å²) >= 11 is 5.94. The van der Waals surface area contributed by atoms with E-state index in [0.717, 1.165) is 25.1 Å². The van der Waals surface area contributed by atoms with Crippen LogP contribution in [0.4, 0.5) is 0 Å². The summed E-state index contributed by atoms with van der Waals surface area (Å²) in [6.45, 7) is 0. The Kier molecular flexibility index (Phi) is 2.31. The van der Waals surface area contributed by atoms with Crippen LogP contribution in [0.1, 0.15) is 18.7 Å². The zero-order chi connectivity index (χ0) is 9.26. The predicted molar refractivity (Wildman–Crippen MR) is 49.5 cm³/mol. The van der Waals surface area contributed by atoms with Crippen LogP contribution in [0.3, 0.4) is 0 Å². The maximum Gasteiger partial charge on any atom is 0.178 e. The van der Waals surface area contributed by atoms with Crippen molar-refractivity contribution in [2.24, 2.45) is 7.05 Å². The van der Waals surface area contributed by atoms with Crippen molar-refractivity contribution >= 4 is 11.6 Å². The first-order valence-electron chi connectivity index (χ1n) is 4.30. The molecule has 4 nitrogen and oxygen atoms in total. The van der Waals surface area contributed by atoms with Crippen LogP contribution in [-0.4, -0.2) is 25.6 Å². The molecule has 0 aromatic carbocycles. The van der Waals surface area contributed by atoms with Gasteiger partial charge in [0.1, 0.15) is 0 Å². The molecule has 1 unspecified atom stereocenters. The Morgan fingerprint density at radius 1 is 1.69 bits per heavy atom. The number of alkyl halides is 1. The molecule has 0 spiro atoms. The molecule has 2 rings (SSSR count). The number of allylic oxidation sites excluding steroid dienone is 2. The fraction of sp³-hybridized carbons (Fsp3) is 0.625. The molecule has 0 fully saturated rings. The Labute approximate surface area is 81.6 Å². The second-order valence-electron chi connectivity index (χ2n) is 3.25. The van der Waals surface area contributed by atoms with Gasteiger partial charge in [0.05, 0.1) is 12.4 Å². The average Bonchev–Trinajstić information content (AvgIpc) is 2.62. The molecule has 5 heteroatoms. The van der Waals surface area contributed by atoms with E-state index in [2.05, 4.69) is 21.5 Å². The molecule has 0 N–H and O–H groups in total. The fourth-order valence-corrected chi connectivity index (χ4v) is 1.78. The fourth-order valence-electron chi connectivity index (χ4n) is 1.49. The summed E-state index contributed by atoms with van der Waals surface area (Å²) in [5.74, 6) is 0.777. The molecule has 1 aromatic heterocycles. The van der Waals surface area contributed by atoms with Gasteiger partial charge in [-0.25, -0.2) is 0 Å². The minimum Gasteiger partial charge on any atom is -0.167 e. The van der Waals surface area contributed by atoms with Gasteiger partial charge in [0, 0.05) is 6.42 Å². The normalized spacial score (nSPS) is 22.0. The van der Waals surface area contributed by atoms with Crippen LogP contribution in [0.25, 0.3) is 0 Å². The molecule has 1 aliphatic rings. The Bertz CT molecular complexity index is 331. The maximum atomic E-state index is 5.94. The highest BCUT2D eigenvalue weighted by molar-refractivity contribution is 6.22. The molecule has 0 saturated heterocycles. The van der Waals surface area contributed by atoms with Crippen molar-refractivity contribution in [2.45, 2.75) is 24.6 Å². The number of hydrogen-bond acceptors (Lipinski definition) is 3. The Morgan fingerprint density at radius 2 is 2.54 bits per heavy atom. The topological polar surface area (TPSA) is 43.6 Å². The first kappa shape index (κ1) is 8.69. The SMILES string of the molecule is Cn1nnc(CC2=CC(Cl)CC2)n1. The summed E-state index contributed by atoms with van der Waals surface area (Å²) in [4.78, 5) is 1.48. The van der Waals surface area contributed by atoms with E-state index in [1.807, 2.05) is 0 Å². The number of tetrazole rings is 1. The van der Waals surface area contributed by atoms with Gasteiger partial charge in [-0.1, -0.05) is 11.6 Å². The van der Waals surface area contributed by atoms with Gasteiger partial charge >= 0.3 is 0 Å². The molecule has 1 atom stereocenters. The van der Waals surface area contributed by atoms with Crippen LogP contribution >= 0.6 is 11.6 Å². The third kappa shape index (κ3) is 2.06. The van der Waals surface area contributed by atoms with Crippen molar-refractivity contribution < 1.29 is 0 Å². The summed E-state index contributed by atoms with van der Waals surface area (Å²) in [5.41, 5.74) is 1.33. The molecular formula is C8H11ClN4. The standard InChI is InChI=1S/C8H11ClN4/c1-13-11-8(10-12-13)5-6-2-3-7(9)4-6/h4,7H,2-3,5H2,1H3. The molecule has 70 valence electrons. The average molecular weight is 199 g/mol. The van der Waals surface area contributed by atoms with Crippen molar-refractivity contribution in [3.8, 4) is 0 Å². The molecule has 0 radical (unpaired) electrons. The van der Waals surface area contributed by atoms with Crippen LogP contribution in [-0.2, 0) is 13.5 Å². The zero-order valence-electron chi connectivity index (χ0n) is 7.44. The molecule has 13 heavy (non-hydrogen) atoms. The van der Waals surface area contributed by atoms with Crippen molar-refractivity contribution in [1.29, 1.82) is 0 Å². The van der Waals surface area contributed by atoms with Gasteiger partial charge < -0.3 is 0 Å². The lowest BCUT2D eigenvalue weighted by molar-refractivity contribution is 0.628. The summed E-state index contributed by atoms with van der Waals surface area (Å²) in [5, 5.41) is 12.0. The van der Waals surface area contributed by atoms with Crippen molar-refractivity contribution in [3.63, 3.8) is 0 Å². The summed E-state index contributed by atoms with van der Waals surface area (Å²) < 4.78 is 0. The summed E-state index contributed by atoms with van der Waals surface area (Å²) in [7, 11) is 1.77. The van der Waals surface area contributed by atoms with E-state index < -0.39 is 0 Å². The zero-order valence-corrected chi connectivity index (χ0v) is 8.20. The third-order valence-corrected chi connectivity index (χ3v) is 2.44. The predicted octanol–water partition coefficient (Wildman–Crippen LogP) is 1.08. The number of rotatable bonds is 2. The largest absolute Gasteiger partial charge is 0.178 e. The Hall–Kier alpha value is -0.900. The second-order valence-corrected chi connectivity index (χ2v) is 3.81. The first-order valence-corrected chi connectivity index (χ1v) is 4.74. The van der Waals surface area contributed by atoms with Gasteiger partial charge in [0.25, 0.3) is 0 Å². The number of hydrogen-bond donors (Lipinski definition) is 0. The first-order chi connectivity index (χ1) is 6.24. The van der Waals surface area contributed by atoms with E-state index in [1.54, 1.807) is 7.05 Å². The minimum absolute atomic E-state index is 0.201. The van der Waals surface area contributed by atoms with Crippen LogP contribution < -0.4 is 0 Å². The number of aryl methyl sites for hydroxylation is 1. The third-order valence-electron chi connectivity index (χ3n) is 2.09. The second kappa shape index (κ2) is 3.46. The maximum absolute atomic E-state index is 5.94. The molecule has 1 aliphatic carbocycles. The van der Waals surface area contributed by atoms with E-state index in [0.29, 0.717) is 0 Å². The Morgan fingerprint density at radius 3 is 3.08 bits per heavy atom. The number of nitrogens with zero attached hydrogens (tertiary/aromatic N) is 4. The van der Waals surface area contributed by atoms with Gasteiger partial charge in [-0.3, -0.25) is 0 Å². The summed E-state index contributed by atoms with van der Waals surface area (Å²) in [6, 6.07) is 0. The lowest BCUT2D eigenvalue weighted by Crippen LogP contribution is -1.94. The quantitative estimate of drug-likeness (QED) is 0.528. The van der Waals surface area contributed by atoms with Gasteiger partial charge in [0.2, 0.25) is 0 Å². The highest BCUT2D eigenvalue weighted by Gasteiger charge is 2.14. The molecule has 0 bridgehead atoms. The summed E-state index contributed by atoms with van der Waals surface area (Å²) in [6.07, 6.45) is 4.98. The highest BCUT2D eigenvalue weighted by atomic mass is 35.5. The van der Waals surface area contributed by atoms with E-state index in [-0.39, 0.29) is 5.38 Å². The van der Waals surface area contributed by atoms with E-state index in [1.165, 1.54) is 10.4 Å². The molecule has 1 heterocycles. The van der Waals surface area contributed by atoms with Gasteiger partial charge in [-0.05, 0) is 18.1 Å². The van der Waals surface area contributed by atoms with Gasteiger partial charge in [-0.2, -0.15) is 4.80 Å². The van der Waals surface area contributed by atoms with Crippen molar-refractivity contribution in [3.05, 3.63) is 17.5 Å². The Balaban J connectivity index is 2.02. The van der Waals surface area contributed by atoms with E-state index >= 15 is 0 Å². The number of halogens is 1. The molecular weight excluding hydrogens is 188 g/mol. The molecule has 0 saturated carbocycles. The van der Waals surface area contributed by atoms with Crippen LogP contribution in [0, 0.1) is 0 Å². The lowest BCUT2D eigenvalue weighted by atomic mass is 10.2. The lowest BCUT2D eigenvalue weighted by Gasteiger charge is -1.93. The minimum atomic E-state index is 0.201. The monoisotopic (exact) mass is 198 g/mol. The smallest absolute Gasteiger partial charge is 0.167 e. The van der Waals surface area contributed by atoms with E-state index in [4.69, 9.17) is 11.6 Å². The molecule has 1 aromatic rings.